The van der Waals surface area contributed by atoms with Crippen molar-refractivity contribution >= 4 is 23.4 Å². The summed E-state index contributed by atoms with van der Waals surface area (Å²) in [4.78, 5) is 0. The Balaban J connectivity index is 1.47. The summed E-state index contributed by atoms with van der Waals surface area (Å²) >= 11 is 0. The number of hydrogen-bond acceptors (Lipinski definition) is 2. The molecule has 1 aliphatic heterocycles. The van der Waals surface area contributed by atoms with Gasteiger partial charge in [-0.15, -0.1) is 0 Å². The van der Waals surface area contributed by atoms with E-state index in [2.05, 4.69) is 107 Å². The number of hydrogen-bond donors (Lipinski definition) is 0. The summed E-state index contributed by atoms with van der Waals surface area (Å²) in [6.45, 7) is 8.38. The van der Waals surface area contributed by atoms with Crippen molar-refractivity contribution in [3.63, 3.8) is 0 Å². The molecule has 0 saturated carbocycles. The minimum atomic E-state index is -0.354. The Labute approximate surface area is 184 Å². The van der Waals surface area contributed by atoms with E-state index in [0.717, 1.165) is 5.46 Å². The van der Waals surface area contributed by atoms with Gasteiger partial charge in [0.15, 0.2) is 0 Å². The smallest absolute Gasteiger partial charge is 0.399 e. The second kappa shape index (κ2) is 6.32. The Hall–Kier alpha value is -2.88. The molecule has 0 atom stereocenters. The predicted octanol–water partition coefficient (Wildman–Crippen LogP) is 6.45. The molecule has 0 radical (unpaired) electrons. The molecule has 0 N–H and O–H groups in total. The van der Waals surface area contributed by atoms with Gasteiger partial charge in [0.05, 0.1) is 11.2 Å². The first-order chi connectivity index (χ1) is 14.8. The largest absolute Gasteiger partial charge is 0.494 e. The minimum absolute atomic E-state index is 0.345. The normalized spacial score (nSPS) is 17.9. The molecule has 4 aromatic rings. The van der Waals surface area contributed by atoms with Gasteiger partial charge in [-0.1, -0.05) is 66.7 Å². The van der Waals surface area contributed by atoms with Crippen LogP contribution in [-0.2, 0) is 9.31 Å². The second-order valence-corrected chi connectivity index (χ2v) is 9.69. The monoisotopic (exact) mass is 404 g/mol. The lowest BCUT2D eigenvalue weighted by Gasteiger charge is -2.32. The number of rotatable bonds is 2. The van der Waals surface area contributed by atoms with Gasteiger partial charge in [0.25, 0.3) is 0 Å². The third kappa shape index (κ3) is 2.73. The van der Waals surface area contributed by atoms with Gasteiger partial charge in [-0.2, -0.15) is 0 Å². The van der Waals surface area contributed by atoms with Crippen LogP contribution < -0.4 is 5.46 Å². The molecule has 0 spiro atoms. The van der Waals surface area contributed by atoms with Gasteiger partial charge < -0.3 is 9.31 Å². The van der Waals surface area contributed by atoms with Gasteiger partial charge in [-0.25, -0.2) is 0 Å². The summed E-state index contributed by atoms with van der Waals surface area (Å²) in [5.41, 5.74) is 8.06. The molecule has 1 aliphatic carbocycles. The van der Waals surface area contributed by atoms with Crippen LogP contribution in [0.25, 0.3) is 44.2 Å². The van der Waals surface area contributed by atoms with E-state index >= 15 is 0 Å². The first-order valence-electron chi connectivity index (χ1n) is 11.0. The molecule has 3 heteroatoms. The molecule has 0 bridgehead atoms. The quantitative estimate of drug-likeness (QED) is 0.315. The molecule has 1 saturated heterocycles. The lowest BCUT2D eigenvalue weighted by atomic mass is 9.78. The Kier molecular flexibility index (Phi) is 3.84. The Morgan fingerprint density at radius 2 is 1.23 bits per heavy atom. The fourth-order valence-corrected chi connectivity index (χ4v) is 4.83. The molecular formula is C28H25BO2. The van der Waals surface area contributed by atoms with E-state index in [1.807, 2.05) is 0 Å². The van der Waals surface area contributed by atoms with E-state index in [0.29, 0.717) is 0 Å². The summed E-state index contributed by atoms with van der Waals surface area (Å²) < 4.78 is 12.6. The molecule has 0 unspecified atom stereocenters. The second-order valence-electron chi connectivity index (χ2n) is 9.69. The lowest BCUT2D eigenvalue weighted by molar-refractivity contribution is 0.00578. The zero-order chi connectivity index (χ0) is 21.4. The van der Waals surface area contributed by atoms with Crippen molar-refractivity contribution in [3.8, 4) is 33.4 Å². The molecule has 6 rings (SSSR count). The van der Waals surface area contributed by atoms with Crippen LogP contribution in [0.5, 0.6) is 0 Å². The van der Waals surface area contributed by atoms with Crippen molar-refractivity contribution in [1.82, 2.24) is 0 Å². The van der Waals surface area contributed by atoms with Gasteiger partial charge in [-0.3, -0.25) is 0 Å². The van der Waals surface area contributed by atoms with Crippen LogP contribution in [0.3, 0.4) is 0 Å². The van der Waals surface area contributed by atoms with Crippen LogP contribution in [0.1, 0.15) is 27.7 Å². The summed E-state index contributed by atoms with van der Waals surface area (Å²) in [5, 5.41) is 2.64. The van der Waals surface area contributed by atoms with Gasteiger partial charge in [0.1, 0.15) is 0 Å². The van der Waals surface area contributed by atoms with E-state index in [1.165, 1.54) is 44.2 Å². The van der Waals surface area contributed by atoms with Crippen molar-refractivity contribution in [2.75, 3.05) is 0 Å². The van der Waals surface area contributed by atoms with Crippen molar-refractivity contribution in [2.24, 2.45) is 0 Å². The van der Waals surface area contributed by atoms with Crippen LogP contribution in [0.4, 0.5) is 0 Å². The Morgan fingerprint density at radius 3 is 1.97 bits per heavy atom. The summed E-state index contributed by atoms with van der Waals surface area (Å²) in [7, 11) is -0.354. The first-order valence-corrected chi connectivity index (χ1v) is 11.0. The lowest BCUT2D eigenvalue weighted by Crippen LogP contribution is -2.41. The van der Waals surface area contributed by atoms with Crippen molar-refractivity contribution in [1.29, 1.82) is 0 Å². The topological polar surface area (TPSA) is 18.5 Å². The van der Waals surface area contributed by atoms with E-state index in [1.54, 1.807) is 0 Å². The maximum Gasteiger partial charge on any atom is 0.494 e. The molecule has 0 amide bonds. The highest BCUT2D eigenvalue weighted by Gasteiger charge is 2.51. The fraction of sp³-hybridized carbons (Fsp3) is 0.214. The van der Waals surface area contributed by atoms with E-state index in [9.17, 15) is 0 Å². The van der Waals surface area contributed by atoms with Gasteiger partial charge in [0, 0.05) is 0 Å². The van der Waals surface area contributed by atoms with E-state index < -0.39 is 0 Å². The summed E-state index contributed by atoms with van der Waals surface area (Å²) in [5.74, 6) is 0. The van der Waals surface area contributed by atoms with Gasteiger partial charge in [-0.05, 0) is 89.4 Å². The van der Waals surface area contributed by atoms with Crippen molar-refractivity contribution in [2.45, 2.75) is 38.9 Å². The molecule has 4 aromatic carbocycles. The highest BCUT2D eigenvalue weighted by molar-refractivity contribution is 6.62. The van der Waals surface area contributed by atoms with Crippen LogP contribution in [-0.4, -0.2) is 18.3 Å². The standard InChI is InChI=1S/C28H25BO2/c1-27(2)28(3,4)31-29(30-27)21-11-7-9-18(16-21)20-15-19-10-8-14-24-22-12-5-6-13-23(22)25(17-20)26(19)24/h5-17H,1-4H3. The SMILES string of the molecule is CC1(C)OB(c2cccc(-c3cc4c5c(cccc5c3)-c3ccccc3-4)c2)OC1(C)C. The highest BCUT2D eigenvalue weighted by Crippen LogP contribution is 2.48. The van der Waals surface area contributed by atoms with Crippen LogP contribution in [0.15, 0.2) is 78.9 Å². The molecule has 152 valence electrons. The molecule has 1 heterocycles. The van der Waals surface area contributed by atoms with E-state index in [-0.39, 0.29) is 18.3 Å². The summed E-state index contributed by atoms with van der Waals surface area (Å²) in [6.07, 6.45) is 0. The van der Waals surface area contributed by atoms with Gasteiger partial charge in [0.2, 0.25) is 0 Å². The van der Waals surface area contributed by atoms with E-state index in [4.69, 9.17) is 9.31 Å². The zero-order valence-corrected chi connectivity index (χ0v) is 18.4. The molecular weight excluding hydrogens is 379 g/mol. The number of fused-ring (bicyclic) bond motifs is 3. The summed E-state index contributed by atoms with van der Waals surface area (Å²) in [6, 6.07) is 28.5. The predicted molar refractivity (Wildman–Crippen MR) is 130 cm³/mol. The Bertz CT molecular complexity index is 1340. The van der Waals surface area contributed by atoms with Crippen molar-refractivity contribution in [3.05, 3.63) is 78.9 Å². The van der Waals surface area contributed by atoms with Gasteiger partial charge >= 0.3 is 7.12 Å². The zero-order valence-electron chi connectivity index (χ0n) is 18.4. The highest BCUT2D eigenvalue weighted by atomic mass is 16.7. The van der Waals surface area contributed by atoms with Crippen LogP contribution >= 0.6 is 0 Å². The molecule has 31 heavy (non-hydrogen) atoms. The van der Waals surface area contributed by atoms with Crippen molar-refractivity contribution < 1.29 is 9.31 Å². The third-order valence-electron chi connectivity index (χ3n) is 7.23. The molecule has 1 fully saturated rings. The average Bonchev–Trinajstić information content (AvgIpc) is 3.20. The molecule has 2 nitrogen and oxygen atoms in total. The number of benzene rings is 4. The maximum absolute atomic E-state index is 6.29. The fourth-order valence-electron chi connectivity index (χ4n) is 4.83. The first kappa shape index (κ1) is 18.9. The Morgan fingerprint density at radius 1 is 0.581 bits per heavy atom. The van der Waals surface area contributed by atoms with Crippen LogP contribution in [0.2, 0.25) is 0 Å². The maximum atomic E-state index is 6.29. The van der Waals surface area contributed by atoms with Crippen LogP contribution in [0, 0.1) is 0 Å². The molecule has 2 aliphatic rings. The third-order valence-corrected chi connectivity index (χ3v) is 7.23. The molecule has 0 aromatic heterocycles. The average molecular weight is 404 g/mol. The minimum Gasteiger partial charge on any atom is -0.399 e.